The SMILES string of the molecule is Cc1cc2cc(n1)-c1cnn(C)c1OCCC[C@@H](C)CN1/C(=N/C2=O)Nc2ccc(C(=O)NC3CCN(CCc4cc(F)c([C@H]5CCC(=O)NC5=O)c(F)c4)CC3)cc21. The number of aliphatic imine (C=N–C) groups is 1. The summed E-state index contributed by atoms with van der Waals surface area (Å²) in [4.78, 5) is 64.6. The molecule has 2 atom stereocenters. The summed E-state index contributed by atoms with van der Waals surface area (Å²) in [6, 6.07) is 11.4. The summed E-state index contributed by atoms with van der Waals surface area (Å²) < 4.78 is 38.0. The number of nitrogens with one attached hydrogen (secondary N) is 3. The molecule has 0 spiro atoms. The van der Waals surface area contributed by atoms with Crippen LogP contribution < -0.4 is 25.6 Å². The van der Waals surface area contributed by atoms with Crippen LogP contribution in [0.15, 0.2) is 53.7 Å². The molecule has 2 fully saturated rings. The Morgan fingerprint density at radius 2 is 1.78 bits per heavy atom. The summed E-state index contributed by atoms with van der Waals surface area (Å²) in [5, 5.41) is 13.1. The largest absolute Gasteiger partial charge is 0.477 e. The van der Waals surface area contributed by atoms with Crippen LogP contribution in [0.4, 0.5) is 20.2 Å². The van der Waals surface area contributed by atoms with Crippen LogP contribution in [0.5, 0.6) is 5.88 Å². The number of pyridine rings is 1. The second kappa shape index (κ2) is 16.7. The summed E-state index contributed by atoms with van der Waals surface area (Å²) >= 11 is 0. The lowest BCUT2D eigenvalue weighted by Crippen LogP contribution is -2.45. The third kappa shape index (κ3) is 8.58. The van der Waals surface area contributed by atoms with E-state index in [1.165, 1.54) is 12.1 Å². The van der Waals surface area contributed by atoms with Crippen LogP contribution in [0.3, 0.4) is 0 Å². The van der Waals surface area contributed by atoms with Crippen molar-refractivity contribution in [1.82, 2.24) is 30.3 Å². The predicted octanol–water partition coefficient (Wildman–Crippen LogP) is 5.26. The van der Waals surface area contributed by atoms with Gasteiger partial charge in [0.15, 0.2) is 0 Å². The Kier molecular flexibility index (Phi) is 11.2. The lowest BCUT2D eigenvalue weighted by Gasteiger charge is -2.32. The van der Waals surface area contributed by atoms with E-state index in [4.69, 9.17) is 4.74 Å². The molecule has 2 aromatic carbocycles. The standard InChI is InChI=1S/C43H47F2N9O5/c1-24-5-4-16-59-42-31(22-46-52(42)3)35-20-28(17-25(2)47-35)40(57)51-43-49-34-8-6-27(21-36(34)54(43)23-24)39(56)48-29-11-14-53(15-12-29)13-10-26-18-32(44)38(33(45)19-26)30-7-9-37(55)50-41(30)58/h6,8,17-22,24,29-30H,4-5,7,9-16,23H2,1-3H3,(H,48,56)(H,49,51,57)(H,50,55,58)/t24-,30-/m1/s1. The van der Waals surface area contributed by atoms with Gasteiger partial charge in [-0.1, -0.05) is 6.92 Å². The third-order valence-electron chi connectivity index (χ3n) is 11.6. The van der Waals surface area contributed by atoms with Gasteiger partial charge in [0, 0.05) is 68.1 Å². The molecule has 59 heavy (non-hydrogen) atoms. The number of hydrogen-bond acceptors (Lipinski definition) is 10. The van der Waals surface area contributed by atoms with Gasteiger partial charge >= 0.3 is 0 Å². The summed E-state index contributed by atoms with van der Waals surface area (Å²) in [7, 11) is 1.81. The van der Waals surface area contributed by atoms with Crippen molar-refractivity contribution >= 4 is 41.0 Å². The quantitative estimate of drug-likeness (QED) is 0.219. The van der Waals surface area contributed by atoms with Gasteiger partial charge in [-0.05, 0) is 99.4 Å². The van der Waals surface area contributed by atoms with Gasteiger partial charge in [-0.3, -0.25) is 29.5 Å². The van der Waals surface area contributed by atoms with Crippen molar-refractivity contribution < 1.29 is 32.7 Å². The number of hydrogen-bond donors (Lipinski definition) is 3. The second-order valence-electron chi connectivity index (χ2n) is 16.0. The first-order valence-electron chi connectivity index (χ1n) is 20.2. The Bertz CT molecular complexity index is 2330. The monoisotopic (exact) mass is 807 g/mol. The third-order valence-corrected chi connectivity index (χ3v) is 11.6. The average Bonchev–Trinajstić information content (AvgIpc) is 3.74. The number of guanidine groups is 1. The fourth-order valence-electron chi connectivity index (χ4n) is 8.38. The topological polar surface area (TPSA) is 163 Å². The Hall–Kier alpha value is -6.03. The van der Waals surface area contributed by atoms with Crippen LogP contribution in [0, 0.1) is 24.5 Å². The Morgan fingerprint density at radius 1 is 1.00 bits per heavy atom. The van der Waals surface area contributed by atoms with Crippen molar-refractivity contribution in [3.8, 4) is 17.1 Å². The van der Waals surface area contributed by atoms with Gasteiger partial charge in [-0.15, -0.1) is 0 Å². The molecule has 4 aliphatic rings. The van der Waals surface area contributed by atoms with Gasteiger partial charge in [0.1, 0.15) is 11.6 Å². The van der Waals surface area contributed by atoms with Gasteiger partial charge < -0.3 is 25.2 Å². The molecule has 2 bridgehead atoms. The summed E-state index contributed by atoms with van der Waals surface area (Å²) in [6.07, 6.45) is 5.26. The van der Waals surface area contributed by atoms with E-state index in [1.54, 1.807) is 29.1 Å². The minimum Gasteiger partial charge on any atom is -0.477 e. The highest BCUT2D eigenvalue weighted by atomic mass is 19.1. The van der Waals surface area contributed by atoms with Crippen LogP contribution in [0.25, 0.3) is 11.3 Å². The van der Waals surface area contributed by atoms with Crippen LogP contribution in [-0.4, -0.2) is 88.1 Å². The first-order chi connectivity index (χ1) is 28.4. The second-order valence-corrected chi connectivity index (χ2v) is 16.0. The van der Waals surface area contributed by atoms with Crippen molar-refractivity contribution in [3.05, 3.63) is 88.2 Å². The van der Waals surface area contributed by atoms with Crippen LogP contribution >= 0.6 is 0 Å². The van der Waals surface area contributed by atoms with E-state index in [9.17, 15) is 19.2 Å². The van der Waals surface area contributed by atoms with Gasteiger partial charge in [0.05, 0.1) is 41.4 Å². The maximum absolute atomic E-state index is 15.1. The van der Waals surface area contributed by atoms with Gasteiger partial charge in [0.2, 0.25) is 23.7 Å². The summed E-state index contributed by atoms with van der Waals surface area (Å²) in [5.41, 5.74) is 4.50. The first kappa shape index (κ1) is 39.8. The zero-order valence-corrected chi connectivity index (χ0v) is 33.3. The molecule has 14 nitrogen and oxygen atoms in total. The number of anilines is 2. The molecule has 2 aromatic heterocycles. The van der Waals surface area contributed by atoms with E-state index in [2.05, 4.69) is 42.8 Å². The zero-order chi connectivity index (χ0) is 41.4. The van der Waals surface area contributed by atoms with Crippen molar-refractivity contribution in [2.45, 2.75) is 70.8 Å². The predicted molar refractivity (Wildman–Crippen MR) is 216 cm³/mol. The molecule has 4 aromatic rings. The lowest BCUT2D eigenvalue weighted by atomic mass is 9.89. The van der Waals surface area contributed by atoms with E-state index in [0.717, 1.165) is 24.2 Å². The van der Waals surface area contributed by atoms with Gasteiger partial charge in [0.25, 0.3) is 11.8 Å². The molecule has 0 unspecified atom stereocenters. The zero-order valence-electron chi connectivity index (χ0n) is 33.3. The number of nitrogens with zero attached hydrogens (tertiary/aromatic N) is 6. The molecule has 8 rings (SSSR count). The van der Waals surface area contributed by atoms with E-state index >= 15 is 8.78 Å². The van der Waals surface area contributed by atoms with E-state index in [0.29, 0.717) is 97.5 Å². The fraction of sp³-hybridized carbons (Fsp3) is 0.419. The molecular formula is C43H47F2N9O5. The van der Waals surface area contributed by atoms with Crippen LogP contribution in [0.1, 0.15) is 88.9 Å². The number of amides is 4. The maximum atomic E-state index is 15.1. The normalized spacial score (nSPS) is 21.1. The first-order valence-corrected chi connectivity index (χ1v) is 20.2. The minimum absolute atomic E-state index is 0.0379. The molecule has 0 radical (unpaired) electrons. The molecular weight excluding hydrogens is 761 g/mol. The number of fused-ring (bicyclic) bond motifs is 7. The molecule has 0 saturated carbocycles. The number of ether oxygens (including phenoxy) is 1. The fourth-order valence-corrected chi connectivity index (χ4v) is 8.38. The molecule has 2 saturated heterocycles. The van der Waals surface area contributed by atoms with Crippen molar-refractivity contribution in [2.24, 2.45) is 18.0 Å². The number of benzene rings is 2. The lowest BCUT2D eigenvalue weighted by molar-refractivity contribution is -0.134. The highest BCUT2D eigenvalue weighted by Crippen LogP contribution is 2.36. The Labute approximate surface area is 340 Å². The van der Waals surface area contributed by atoms with E-state index in [-0.39, 0.29) is 36.3 Å². The van der Waals surface area contributed by atoms with Crippen molar-refractivity contribution in [1.29, 1.82) is 0 Å². The number of carbonyl (C=O) groups is 4. The molecule has 3 N–H and O–H groups in total. The van der Waals surface area contributed by atoms with Crippen molar-refractivity contribution in [2.75, 3.05) is 43.0 Å². The van der Waals surface area contributed by atoms with Crippen LogP contribution in [0.2, 0.25) is 0 Å². The molecule has 308 valence electrons. The molecule has 0 aliphatic carbocycles. The number of aromatic nitrogens is 3. The van der Waals surface area contributed by atoms with Crippen molar-refractivity contribution in [3.63, 3.8) is 0 Å². The Balaban J connectivity index is 0.911. The Morgan fingerprint density at radius 3 is 2.54 bits per heavy atom. The van der Waals surface area contributed by atoms with E-state index in [1.807, 2.05) is 31.0 Å². The molecule has 16 heteroatoms. The number of halogens is 2. The number of imide groups is 1. The number of piperidine rings is 2. The number of carbonyl (C=O) groups excluding carboxylic acids is 4. The number of likely N-dealkylation sites (tertiary alicyclic amines) is 1. The summed E-state index contributed by atoms with van der Waals surface area (Å²) in [5.74, 6) is -3.18. The smallest absolute Gasteiger partial charge is 0.280 e. The number of rotatable bonds is 6. The highest BCUT2D eigenvalue weighted by molar-refractivity contribution is 6.19. The highest BCUT2D eigenvalue weighted by Gasteiger charge is 2.33. The maximum Gasteiger partial charge on any atom is 0.280 e. The minimum atomic E-state index is -1.03. The average molecular weight is 808 g/mol. The van der Waals surface area contributed by atoms with Crippen LogP contribution in [-0.2, 0) is 23.1 Å². The van der Waals surface area contributed by atoms with E-state index < -0.39 is 35.3 Å². The number of aryl methyl sites for hydroxylation is 2. The van der Waals surface area contributed by atoms with Gasteiger partial charge in [-0.25, -0.2) is 13.5 Å². The molecule has 4 aliphatic heterocycles. The van der Waals surface area contributed by atoms with Gasteiger partial charge in [-0.2, -0.15) is 10.1 Å². The summed E-state index contributed by atoms with van der Waals surface area (Å²) in [6.45, 7) is 6.98. The molecule has 6 heterocycles. The molecule has 4 amide bonds.